The first-order chi connectivity index (χ1) is 6.80. The molecule has 0 saturated heterocycles. The number of hydrogen-bond acceptors (Lipinski definition) is 3. The predicted octanol–water partition coefficient (Wildman–Crippen LogP) is 2.12. The minimum Gasteiger partial charge on any atom is -0.444 e. The van der Waals surface area contributed by atoms with Crippen molar-refractivity contribution >= 4 is 12.4 Å². The van der Waals surface area contributed by atoms with Gasteiger partial charge in [0.2, 0.25) is 0 Å². The maximum Gasteiger partial charge on any atom is 0.408 e. The maximum absolute atomic E-state index is 11.4. The van der Waals surface area contributed by atoms with Crippen LogP contribution in [0, 0.1) is 5.92 Å². The van der Waals surface area contributed by atoms with E-state index in [1.165, 1.54) is 0 Å². The molecule has 0 saturated carbocycles. The fourth-order valence-electron chi connectivity index (χ4n) is 1.01. The number of ether oxygens (including phenoxy) is 1. The second-order valence-electron chi connectivity index (χ2n) is 4.69. The van der Waals surface area contributed by atoms with E-state index >= 15 is 0 Å². The van der Waals surface area contributed by atoms with E-state index < -0.39 is 17.7 Å². The van der Waals surface area contributed by atoms with Gasteiger partial charge in [0.1, 0.15) is 11.9 Å². The predicted molar refractivity (Wildman–Crippen MR) is 58.7 cm³/mol. The average Bonchev–Trinajstić information content (AvgIpc) is 2.10. The summed E-state index contributed by atoms with van der Waals surface area (Å²) in [5, 5.41) is 2.54. The highest BCUT2D eigenvalue weighted by Gasteiger charge is 2.21. The van der Waals surface area contributed by atoms with Crippen molar-refractivity contribution in [3.63, 3.8) is 0 Å². The Labute approximate surface area is 91.4 Å². The topological polar surface area (TPSA) is 55.4 Å². The molecule has 0 aliphatic carbocycles. The SMILES string of the molecule is CCC(C)[C@H](C=O)NC(=O)OC(C)(C)C. The zero-order valence-corrected chi connectivity index (χ0v) is 10.2. The summed E-state index contributed by atoms with van der Waals surface area (Å²) in [6.07, 6.45) is 1.04. The second-order valence-corrected chi connectivity index (χ2v) is 4.69. The van der Waals surface area contributed by atoms with Crippen LogP contribution in [0.15, 0.2) is 0 Å². The first-order valence-corrected chi connectivity index (χ1v) is 5.25. The van der Waals surface area contributed by atoms with Crippen LogP contribution >= 0.6 is 0 Å². The normalized spacial score (nSPS) is 15.3. The highest BCUT2D eigenvalue weighted by molar-refractivity contribution is 5.73. The quantitative estimate of drug-likeness (QED) is 0.731. The van der Waals surface area contributed by atoms with Crippen molar-refractivity contribution in [2.75, 3.05) is 0 Å². The van der Waals surface area contributed by atoms with E-state index in [9.17, 15) is 9.59 Å². The number of alkyl carbamates (subject to hydrolysis) is 1. The zero-order valence-electron chi connectivity index (χ0n) is 10.2. The summed E-state index contributed by atoms with van der Waals surface area (Å²) in [6.45, 7) is 9.23. The summed E-state index contributed by atoms with van der Waals surface area (Å²) in [5.41, 5.74) is -0.535. The van der Waals surface area contributed by atoms with E-state index in [1.54, 1.807) is 20.8 Å². The molecule has 0 aromatic heterocycles. The molecule has 2 atom stereocenters. The van der Waals surface area contributed by atoms with Crippen LogP contribution < -0.4 is 5.32 Å². The van der Waals surface area contributed by atoms with Gasteiger partial charge in [-0.15, -0.1) is 0 Å². The maximum atomic E-state index is 11.4. The van der Waals surface area contributed by atoms with Gasteiger partial charge >= 0.3 is 6.09 Å². The van der Waals surface area contributed by atoms with E-state index in [-0.39, 0.29) is 5.92 Å². The molecule has 0 aliphatic rings. The molecular formula is C11H21NO3. The molecular weight excluding hydrogens is 194 g/mol. The minimum atomic E-state index is -0.542. The van der Waals surface area contributed by atoms with Gasteiger partial charge in [-0.3, -0.25) is 0 Å². The van der Waals surface area contributed by atoms with Crippen LogP contribution in [0.5, 0.6) is 0 Å². The molecule has 0 heterocycles. The third-order valence-electron chi connectivity index (χ3n) is 2.09. The van der Waals surface area contributed by atoms with Crippen LogP contribution in [-0.2, 0) is 9.53 Å². The van der Waals surface area contributed by atoms with Crippen molar-refractivity contribution < 1.29 is 14.3 Å². The zero-order chi connectivity index (χ0) is 12.1. The van der Waals surface area contributed by atoms with E-state index in [0.29, 0.717) is 0 Å². The number of amides is 1. The van der Waals surface area contributed by atoms with Crippen molar-refractivity contribution in [3.8, 4) is 0 Å². The van der Waals surface area contributed by atoms with Gasteiger partial charge in [0, 0.05) is 0 Å². The second kappa shape index (κ2) is 5.73. The molecule has 4 nitrogen and oxygen atoms in total. The molecule has 0 aliphatic heterocycles. The van der Waals surface area contributed by atoms with Crippen LogP contribution in [0.4, 0.5) is 4.79 Å². The number of hydrogen-bond donors (Lipinski definition) is 1. The summed E-state index contributed by atoms with van der Waals surface area (Å²) in [5.74, 6) is 0.120. The smallest absolute Gasteiger partial charge is 0.408 e. The van der Waals surface area contributed by atoms with Crippen molar-refractivity contribution in [2.24, 2.45) is 5.92 Å². The first kappa shape index (κ1) is 13.9. The fourth-order valence-corrected chi connectivity index (χ4v) is 1.01. The molecule has 4 heteroatoms. The third kappa shape index (κ3) is 6.10. The molecule has 0 radical (unpaired) electrons. The lowest BCUT2D eigenvalue weighted by Crippen LogP contribution is -2.43. The molecule has 15 heavy (non-hydrogen) atoms. The van der Waals surface area contributed by atoms with Gasteiger partial charge in [-0.05, 0) is 26.7 Å². The van der Waals surface area contributed by atoms with Crippen LogP contribution in [0.25, 0.3) is 0 Å². The molecule has 1 unspecified atom stereocenters. The first-order valence-electron chi connectivity index (χ1n) is 5.25. The van der Waals surface area contributed by atoms with Crippen molar-refractivity contribution in [2.45, 2.75) is 52.7 Å². The molecule has 0 rings (SSSR count). The minimum absolute atomic E-state index is 0.120. The van der Waals surface area contributed by atoms with E-state index in [0.717, 1.165) is 12.7 Å². The van der Waals surface area contributed by atoms with Crippen molar-refractivity contribution in [3.05, 3.63) is 0 Å². The molecule has 0 spiro atoms. The molecule has 88 valence electrons. The molecule has 0 fully saturated rings. The number of rotatable bonds is 4. The largest absolute Gasteiger partial charge is 0.444 e. The van der Waals surface area contributed by atoms with Gasteiger partial charge in [-0.25, -0.2) is 4.79 Å². The van der Waals surface area contributed by atoms with Gasteiger partial charge in [-0.2, -0.15) is 0 Å². The van der Waals surface area contributed by atoms with Gasteiger partial charge in [0.15, 0.2) is 0 Å². The Morgan fingerprint density at radius 3 is 2.33 bits per heavy atom. The standard InChI is InChI=1S/C11H21NO3/c1-6-8(2)9(7-13)12-10(14)15-11(3,4)5/h7-9H,6H2,1-5H3,(H,12,14)/t8?,9-/m0/s1. The fraction of sp³-hybridized carbons (Fsp3) is 0.818. The molecule has 1 N–H and O–H groups in total. The Bertz CT molecular complexity index is 220. The Morgan fingerprint density at radius 2 is 2.00 bits per heavy atom. The third-order valence-corrected chi connectivity index (χ3v) is 2.09. The van der Waals surface area contributed by atoms with E-state index in [1.807, 2.05) is 13.8 Å². The van der Waals surface area contributed by atoms with Crippen LogP contribution in [0.1, 0.15) is 41.0 Å². The molecule has 0 bridgehead atoms. The summed E-state index contributed by atoms with van der Waals surface area (Å²) in [4.78, 5) is 22.1. The number of aldehydes is 1. The van der Waals surface area contributed by atoms with Gasteiger partial charge < -0.3 is 14.8 Å². The van der Waals surface area contributed by atoms with Crippen molar-refractivity contribution in [1.82, 2.24) is 5.32 Å². The Morgan fingerprint density at radius 1 is 1.47 bits per heavy atom. The van der Waals surface area contributed by atoms with Crippen LogP contribution in [0.2, 0.25) is 0 Å². The summed E-state index contributed by atoms with van der Waals surface area (Å²) < 4.78 is 5.06. The Balaban J connectivity index is 4.19. The van der Waals surface area contributed by atoms with Gasteiger partial charge in [0.25, 0.3) is 0 Å². The van der Waals surface area contributed by atoms with Crippen LogP contribution in [0.3, 0.4) is 0 Å². The lowest BCUT2D eigenvalue weighted by molar-refractivity contribution is -0.110. The number of carbonyl (C=O) groups is 2. The average molecular weight is 215 g/mol. The summed E-state index contributed by atoms with van der Waals surface area (Å²) in [6, 6.07) is -0.468. The molecule has 0 aromatic carbocycles. The molecule has 0 aromatic rings. The van der Waals surface area contributed by atoms with E-state index in [2.05, 4.69) is 5.32 Å². The Kier molecular flexibility index (Phi) is 5.33. The van der Waals surface area contributed by atoms with Crippen molar-refractivity contribution in [1.29, 1.82) is 0 Å². The highest BCUT2D eigenvalue weighted by Crippen LogP contribution is 2.09. The monoisotopic (exact) mass is 215 g/mol. The van der Waals surface area contributed by atoms with Gasteiger partial charge in [0.05, 0.1) is 6.04 Å². The van der Waals surface area contributed by atoms with Gasteiger partial charge in [-0.1, -0.05) is 20.3 Å². The summed E-state index contributed by atoms with van der Waals surface area (Å²) in [7, 11) is 0. The number of nitrogens with one attached hydrogen (secondary N) is 1. The lowest BCUT2D eigenvalue weighted by atomic mass is 10.0. The molecule has 1 amide bonds. The lowest BCUT2D eigenvalue weighted by Gasteiger charge is -2.23. The Hall–Kier alpha value is -1.06. The van der Waals surface area contributed by atoms with Crippen LogP contribution in [-0.4, -0.2) is 24.0 Å². The highest BCUT2D eigenvalue weighted by atomic mass is 16.6. The van der Waals surface area contributed by atoms with E-state index in [4.69, 9.17) is 4.74 Å². The summed E-state index contributed by atoms with van der Waals surface area (Å²) >= 11 is 0. The number of carbonyl (C=O) groups excluding carboxylic acids is 2.